The molecule has 2 aromatic heterocycles. The van der Waals surface area contributed by atoms with E-state index < -0.39 is 0 Å². The first-order chi connectivity index (χ1) is 11.1. The summed E-state index contributed by atoms with van der Waals surface area (Å²) in [6.45, 7) is 4.12. The Labute approximate surface area is 136 Å². The fourth-order valence-corrected chi connectivity index (χ4v) is 3.37. The van der Waals surface area contributed by atoms with Crippen molar-refractivity contribution in [2.75, 3.05) is 0 Å². The van der Waals surface area contributed by atoms with E-state index in [1.54, 1.807) is 16.8 Å². The predicted molar refractivity (Wildman–Crippen MR) is 90.3 cm³/mol. The zero-order valence-corrected chi connectivity index (χ0v) is 13.8. The Morgan fingerprint density at radius 2 is 1.83 bits per heavy atom. The maximum atomic E-state index is 12.0. The van der Waals surface area contributed by atoms with Gasteiger partial charge in [0.1, 0.15) is 0 Å². The van der Waals surface area contributed by atoms with Gasteiger partial charge in [-0.05, 0) is 63.3 Å². The molecule has 1 atom stereocenters. The maximum Gasteiger partial charge on any atom is 0.267 e. The van der Waals surface area contributed by atoms with Crippen LogP contribution in [0.4, 0.5) is 0 Å². The zero-order valence-electron chi connectivity index (χ0n) is 13.8. The normalized spacial score (nSPS) is 22.7. The van der Waals surface area contributed by atoms with Gasteiger partial charge >= 0.3 is 0 Å². The quantitative estimate of drug-likeness (QED) is 0.943. The van der Waals surface area contributed by atoms with Crippen LogP contribution in [0.5, 0.6) is 0 Å². The summed E-state index contributed by atoms with van der Waals surface area (Å²) in [4.78, 5) is 16.1. The van der Waals surface area contributed by atoms with E-state index in [1.165, 1.54) is 5.56 Å². The molecule has 2 aromatic rings. The summed E-state index contributed by atoms with van der Waals surface area (Å²) >= 11 is 0. The average Bonchev–Trinajstić information content (AvgIpc) is 2.58. The van der Waals surface area contributed by atoms with Gasteiger partial charge in [0.2, 0.25) is 0 Å². The van der Waals surface area contributed by atoms with Crippen molar-refractivity contribution in [3.05, 3.63) is 58.3 Å². The molecule has 1 aliphatic carbocycles. The number of aromatic nitrogens is 3. The van der Waals surface area contributed by atoms with Crippen molar-refractivity contribution in [1.82, 2.24) is 20.1 Å². The van der Waals surface area contributed by atoms with Crippen LogP contribution in [0.2, 0.25) is 0 Å². The molecular weight excluding hydrogens is 288 g/mol. The number of hydrogen-bond acceptors (Lipinski definition) is 4. The van der Waals surface area contributed by atoms with Gasteiger partial charge in [-0.2, -0.15) is 5.10 Å². The lowest BCUT2D eigenvalue weighted by molar-refractivity contribution is 0.258. The number of aryl methyl sites for hydroxylation is 1. The summed E-state index contributed by atoms with van der Waals surface area (Å²) in [5.41, 5.74) is 2.17. The number of nitrogens with one attached hydrogen (secondary N) is 1. The summed E-state index contributed by atoms with van der Waals surface area (Å²) in [7, 11) is 0. The smallest absolute Gasteiger partial charge is 0.267 e. The molecule has 122 valence electrons. The molecule has 1 saturated carbocycles. The van der Waals surface area contributed by atoms with E-state index in [0.717, 1.165) is 31.4 Å². The minimum absolute atomic E-state index is 0.0113. The van der Waals surface area contributed by atoms with Crippen LogP contribution in [0.25, 0.3) is 0 Å². The Kier molecular flexibility index (Phi) is 4.86. The molecule has 0 bridgehead atoms. The van der Waals surface area contributed by atoms with Crippen molar-refractivity contribution < 1.29 is 0 Å². The number of rotatable bonds is 4. The fourth-order valence-electron chi connectivity index (χ4n) is 3.37. The van der Waals surface area contributed by atoms with E-state index in [-0.39, 0.29) is 11.6 Å². The molecular formula is C18H24N4O. The molecule has 0 aromatic carbocycles. The first-order valence-electron chi connectivity index (χ1n) is 8.36. The van der Waals surface area contributed by atoms with Gasteiger partial charge in [-0.15, -0.1) is 0 Å². The summed E-state index contributed by atoms with van der Waals surface area (Å²) < 4.78 is 1.68. The highest BCUT2D eigenvalue weighted by Gasteiger charge is 2.24. The molecule has 0 radical (unpaired) electrons. The Morgan fingerprint density at radius 3 is 2.52 bits per heavy atom. The second-order valence-electron chi connectivity index (χ2n) is 6.43. The van der Waals surface area contributed by atoms with E-state index in [9.17, 15) is 4.79 Å². The maximum absolute atomic E-state index is 12.0. The molecule has 3 rings (SSSR count). The molecule has 2 heterocycles. The summed E-state index contributed by atoms with van der Waals surface area (Å²) in [6, 6.07) is 8.56. The molecule has 0 amide bonds. The van der Waals surface area contributed by atoms with E-state index in [2.05, 4.69) is 34.5 Å². The Morgan fingerprint density at radius 1 is 1.13 bits per heavy atom. The number of pyridine rings is 1. The van der Waals surface area contributed by atoms with Gasteiger partial charge in [0.15, 0.2) is 0 Å². The lowest BCUT2D eigenvalue weighted by atomic mass is 9.90. The zero-order chi connectivity index (χ0) is 16.2. The van der Waals surface area contributed by atoms with Crippen molar-refractivity contribution in [3.8, 4) is 0 Å². The molecule has 0 saturated heterocycles. The van der Waals surface area contributed by atoms with Crippen molar-refractivity contribution >= 4 is 0 Å². The van der Waals surface area contributed by atoms with Crippen LogP contribution in [0.1, 0.15) is 55.9 Å². The van der Waals surface area contributed by atoms with Crippen LogP contribution in [-0.2, 0) is 0 Å². The lowest BCUT2D eigenvalue weighted by Crippen LogP contribution is -2.37. The van der Waals surface area contributed by atoms with Gasteiger partial charge in [0.05, 0.1) is 11.7 Å². The molecule has 23 heavy (non-hydrogen) atoms. The van der Waals surface area contributed by atoms with Crippen LogP contribution in [0.3, 0.4) is 0 Å². The summed E-state index contributed by atoms with van der Waals surface area (Å²) in [5, 5.41) is 8.10. The third kappa shape index (κ3) is 3.85. The topological polar surface area (TPSA) is 59.8 Å². The van der Waals surface area contributed by atoms with Crippen molar-refractivity contribution in [1.29, 1.82) is 0 Å². The first-order valence-corrected chi connectivity index (χ1v) is 8.36. The Balaban J connectivity index is 1.58. The number of nitrogens with zero attached hydrogens (tertiary/aromatic N) is 3. The molecule has 5 nitrogen and oxygen atoms in total. The van der Waals surface area contributed by atoms with Gasteiger partial charge < -0.3 is 5.32 Å². The van der Waals surface area contributed by atoms with Crippen LogP contribution < -0.4 is 10.9 Å². The standard InChI is InChI=1S/C18H24N4O/c1-13-3-8-18(23)22(21-13)17-6-4-16(5-7-17)20-14(2)15-9-11-19-12-10-15/h3,8-12,14,16-17,20H,4-7H2,1-2H3. The summed E-state index contributed by atoms with van der Waals surface area (Å²) in [6.07, 6.45) is 7.80. The average molecular weight is 312 g/mol. The third-order valence-electron chi connectivity index (χ3n) is 4.69. The second-order valence-corrected chi connectivity index (χ2v) is 6.43. The van der Waals surface area contributed by atoms with Gasteiger partial charge in [0.25, 0.3) is 5.56 Å². The van der Waals surface area contributed by atoms with E-state index in [4.69, 9.17) is 0 Å². The van der Waals surface area contributed by atoms with Gasteiger partial charge in [-0.1, -0.05) is 0 Å². The van der Waals surface area contributed by atoms with Crippen molar-refractivity contribution in [3.63, 3.8) is 0 Å². The highest BCUT2D eigenvalue weighted by Crippen LogP contribution is 2.28. The fraction of sp³-hybridized carbons (Fsp3) is 0.500. The van der Waals surface area contributed by atoms with Crippen LogP contribution >= 0.6 is 0 Å². The predicted octanol–water partition coefficient (Wildman–Crippen LogP) is 2.78. The minimum Gasteiger partial charge on any atom is -0.307 e. The largest absolute Gasteiger partial charge is 0.307 e. The van der Waals surface area contributed by atoms with Crippen molar-refractivity contribution in [2.45, 2.75) is 57.7 Å². The molecule has 5 heteroatoms. The van der Waals surface area contributed by atoms with E-state index in [1.807, 2.05) is 19.3 Å². The van der Waals surface area contributed by atoms with Crippen molar-refractivity contribution in [2.24, 2.45) is 0 Å². The minimum atomic E-state index is 0.0113. The first kappa shape index (κ1) is 15.9. The van der Waals surface area contributed by atoms with Crippen LogP contribution in [0.15, 0.2) is 41.5 Å². The van der Waals surface area contributed by atoms with Crippen LogP contribution in [-0.4, -0.2) is 20.8 Å². The van der Waals surface area contributed by atoms with Gasteiger partial charge in [-0.25, -0.2) is 4.68 Å². The molecule has 1 N–H and O–H groups in total. The Bertz CT molecular complexity index is 690. The Hall–Kier alpha value is -2.01. The highest BCUT2D eigenvalue weighted by atomic mass is 16.1. The molecule has 0 aliphatic heterocycles. The molecule has 1 fully saturated rings. The molecule has 0 spiro atoms. The monoisotopic (exact) mass is 312 g/mol. The van der Waals surface area contributed by atoms with E-state index >= 15 is 0 Å². The SMILES string of the molecule is Cc1ccc(=O)n(C2CCC(NC(C)c3ccncc3)CC2)n1. The molecule has 1 aliphatic rings. The van der Waals surface area contributed by atoms with Gasteiger partial charge in [0, 0.05) is 30.5 Å². The number of hydrogen-bond donors (Lipinski definition) is 1. The van der Waals surface area contributed by atoms with E-state index in [0.29, 0.717) is 12.1 Å². The second kappa shape index (κ2) is 7.04. The van der Waals surface area contributed by atoms with Crippen LogP contribution in [0, 0.1) is 6.92 Å². The molecule has 1 unspecified atom stereocenters. The lowest BCUT2D eigenvalue weighted by Gasteiger charge is -2.31. The van der Waals surface area contributed by atoms with Gasteiger partial charge in [-0.3, -0.25) is 9.78 Å². The highest BCUT2D eigenvalue weighted by molar-refractivity contribution is 5.14. The summed E-state index contributed by atoms with van der Waals surface area (Å²) in [5.74, 6) is 0. The third-order valence-corrected chi connectivity index (χ3v) is 4.69.